The van der Waals surface area contributed by atoms with Crippen LogP contribution < -0.4 is 15.0 Å². The fraction of sp³-hybridized carbons (Fsp3) is 0.278. The molecule has 2 rings (SSSR count). The van der Waals surface area contributed by atoms with Crippen molar-refractivity contribution < 1.29 is 18.8 Å². The van der Waals surface area contributed by atoms with E-state index >= 15 is 0 Å². The minimum atomic E-state index is -0.359. The molecule has 0 saturated carbocycles. The highest BCUT2D eigenvalue weighted by Crippen LogP contribution is 2.24. The molecule has 0 aliphatic rings. The molecule has 1 amide bonds. The highest BCUT2D eigenvalue weighted by molar-refractivity contribution is 6.31. The number of ether oxygens (including phenoxy) is 1. The van der Waals surface area contributed by atoms with Gasteiger partial charge in [-0.2, -0.15) is 0 Å². The Morgan fingerprint density at radius 2 is 2.08 bits per heavy atom. The number of hydrogen-bond acceptors (Lipinski definition) is 2. The van der Waals surface area contributed by atoms with E-state index in [9.17, 15) is 9.18 Å². The minimum Gasteiger partial charge on any atom is -0.495 e. The number of amides is 1. The summed E-state index contributed by atoms with van der Waals surface area (Å²) in [6.45, 7) is 2.44. The Labute approximate surface area is 146 Å². The summed E-state index contributed by atoms with van der Waals surface area (Å²) < 4.78 is 19.1. The summed E-state index contributed by atoms with van der Waals surface area (Å²) in [5.74, 6) is 0.0650. The lowest BCUT2D eigenvalue weighted by atomic mass is 10.2. The lowest BCUT2D eigenvalue weighted by Gasteiger charge is -2.16. The zero-order chi connectivity index (χ0) is 17.7. The minimum absolute atomic E-state index is 0.177. The van der Waals surface area contributed by atoms with Crippen molar-refractivity contribution in [3.8, 4) is 5.75 Å². The number of halogens is 2. The van der Waals surface area contributed by atoms with Gasteiger partial charge in [0, 0.05) is 0 Å². The first-order valence-corrected chi connectivity index (χ1v) is 7.97. The van der Waals surface area contributed by atoms with Gasteiger partial charge in [0.25, 0.3) is 5.91 Å². The molecular formula is C18H21ClFN2O2+. The summed E-state index contributed by atoms with van der Waals surface area (Å²) in [5, 5.41) is 3.21. The Morgan fingerprint density at radius 1 is 1.33 bits per heavy atom. The number of nitrogens with one attached hydrogen (secondary N) is 2. The van der Waals surface area contributed by atoms with E-state index in [0.717, 1.165) is 10.5 Å². The first kappa shape index (κ1) is 18.2. The molecule has 6 heteroatoms. The van der Waals surface area contributed by atoms with Gasteiger partial charge in [-0.05, 0) is 36.8 Å². The van der Waals surface area contributed by atoms with Crippen molar-refractivity contribution in [3.63, 3.8) is 0 Å². The van der Waals surface area contributed by atoms with Crippen LogP contribution >= 0.6 is 11.6 Å². The molecule has 0 aliphatic carbocycles. The molecule has 0 bridgehead atoms. The predicted octanol–water partition coefficient (Wildman–Crippen LogP) is 2.45. The maximum absolute atomic E-state index is 13.8. The summed E-state index contributed by atoms with van der Waals surface area (Å²) in [6.07, 6.45) is 0. The molecular weight excluding hydrogens is 331 g/mol. The van der Waals surface area contributed by atoms with E-state index in [2.05, 4.69) is 5.32 Å². The molecule has 2 aromatic carbocycles. The highest BCUT2D eigenvalue weighted by atomic mass is 35.5. The van der Waals surface area contributed by atoms with Gasteiger partial charge in [0.15, 0.2) is 6.54 Å². The average Bonchev–Trinajstić information content (AvgIpc) is 2.51. The zero-order valence-electron chi connectivity index (χ0n) is 14.0. The van der Waals surface area contributed by atoms with Crippen LogP contribution in [0.5, 0.6) is 5.75 Å². The van der Waals surface area contributed by atoms with E-state index in [0.29, 0.717) is 28.6 Å². The van der Waals surface area contributed by atoms with E-state index in [1.165, 1.54) is 6.07 Å². The number of aryl methyl sites for hydroxylation is 1. The van der Waals surface area contributed by atoms with Crippen LogP contribution in [0.3, 0.4) is 0 Å². The van der Waals surface area contributed by atoms with Gasteiger partial charge >= 0.3 is 0 Å². The number of anilines is 1. The molecule has 1 atom stereocenters. The van der Waals surface area contributed by atoms with Crippen molar-refractivity contribution >= 4 is 23.2 Å². The lowest BCUT2D eigenvalue weighted by Crippen LogP contribution is -3.08. The van der Waals surface area contributed by atoms with Crippen molar-refractivity contribution in [3.05, 3.63) is 58.4 Å². The normalized spacial score (nSPS) is 11.9. The fourth-order valence-corrected chi connectivity index (χ4v) is 2.68. The summed E-state index contributed by atoms with van der Waals surface area (Å²) in [5.41, 5.74) is 2.06. The van der Waals surface area contributed by atoms with Crippen LogP contribution in [0.15, 0.2) is 36.4 Å². The Balaban J connectivity index is 2.01. The van der Waals surface area contributed by atoms with Crippen molar-refractivity contribution in [2.75, 3.05) is 26.0 Å². The summed E-state index contributed by atoms with van der Waals surface area (Å²) >= 11 is 6.03. The Kier molecular flexibility index (Phi) is 6.17. The Hall–Kier alpha value is -2.11. The van der Waals surface area contributed by atoms with Crippen molar-refractivity contribution in [1.82, 2.24) is 0 Å². The van der Waals surface area contributed by atoms with Crippen LogP contribution in [0.2, 0.25) is 5.02 Å². The second-order valence-electron chi connectivity index (χ2n) is 5.76. The Bertz CT molecular complexity index is 717. The van der Waals surface area contributed by atoms with E-state index in [1.54, 1.807) is 25.3 Å². The monoisotopic (exact) mass is 351 g/mol. The SMILES string of the molecule is COc1ccc(C)cc1NC(=O)C[NH+](C)Cc1c(F)cccc1Cl. The number of rotatable bonds is 6. The molecule has 128 valence electrons. The maximum atomic E-state index is 13.8. The number of carbonyl (C=O) groups is 1. The number of hydrogen-bond donors (Lipinski definition) is 2. The van der Waals surface area contributed by atoms with Crippen LogP contribution in [0.4, 0.5) is 10.1 Å². The van der Waals surface area contributed by atoms with Crippen LogP contribution in [0.1, 0.15) is 11.1 Å². The molecule has 0 heterocycles. The largest absolute Gasteiger partial charge is 0.495 e. The summed E-state index contributed by atoms with van der Waals surface area (Å²) in [7, 11) is 3.37. The molecule has 0 saturated heterocycles. The predicted molar refractivity (Wildman–Crippen MR) is 93.2 cm³/mol. The molecule has 1 unspecified atom stereocenters. The van der Waals surface area contributed by atoms with Gasteiger partial charge in [0.2, 0.25) is 0 Å². The van der Waals surface area contributed by atoms with Gasteiger partial charge < -0.3 is 15.0 Å². The summed E-state index contributed by atoms with van der Waals surface area (Å²) in [4.78, 5) is 13.1. The van der Waals surface area contributed by atoms with Crippen LogP contribution in [0, 0.1) is 12.7 Å². The van der Waals surface area contributed by atoms with E-state index in [4.69, 9.17) is 16.3 Å². The van der Waals surface area contributed by atoms with Gasteiger partial charge in [-0.25, -0.2) is 4.39 Å². The van der Waals surface area contributed by atoms with Crippen molar-refractivity contribution in [1.29, 1.82) is 0 Å². The van der Waals surface area contributed by atoms with Gasteiger partial charge in [-0.3, -0.25) is 4.79 Å². The zero-order valence-corrected chi connectivity index (χ0v) is 14.7. The van der Waals surface area contributed by atoms with Crippen molar-refractivity contribution in [2.24, 2.45) is 0 Å². The van der Waals surface area contributed by atoms with Gasteiger partial charge in [0.05, 0.1) is 30.4 Å². The third kappa shape index (κ3) is 4.69. The molecule has 0 aromatic heterocycles. The standard InChI is InChI=1S/C18H20ClFN2O2/c1-12-7-8-17(24-3)16(9-12)21-18(23)11-22(2)10-13-14(19)5-4-6-15(13)20/h4-9H,10-11H2,1-3H3,(H,21,23)/p+1. The van der Waals surface area contributed by atoms with E-state index in [1.807, 2.05) is 26.1 Å². The number of carbonyl (C=O) groups excluding carboxylic acids is 1. The van der Waals surface area contributed by atoms with Gasteiger partial charge in [-0.1, -0.05) is 23.7 Å². The van der Waals surface area contributed by atoms with E-state index in [-0.39, 0.29) is 18.3 Å². The number of benzene rings is 2. The topological polar surface area (TPSA) is 42.8 Å². The molecule has 4 nitrogen and oxygen atoms in total. The number of likely N-dealkylation sites (N-methyl/N-ethyl adjacent to an activating group) is 1. The fourth-order valence-electron chi connectivity index (χ4n) is 2.45. The second kappa shape index (κ2) is 8.13. The highest BCUT2D eigenvalue weighted by Gasteiger charge is 2.16. The number of quaternary nitrogens is 1. The van der Waals surface area contributed by atoms with Crippen LogP contribution in [0.25, 0.3) is 0 Å². The third-order valence-corrected chi connectivity index (χ3v) is 3.99. The molecule has 0 aliphatic heterocycles. The van der Waals surface area contributed by atoms with Crippen LogP contribution in [-0.2, 0) is 11.3 Å². The van der Waals surface area contributed by atoms with Crippen LogP contribution in [-0.4, -0.2) is 26.6 Å². The number of methoxy groups -OCH3 is 1. The molecule has 2 aromatic rings. The summed E-state index contributed by atoms with van der Waals surface area (Å²) in [6, 6.07) is 10.1. The van der Waals surface area contributed by atoms with Crippen molar-refractivity contribution in [2.45, 2.75) is 13.5 Å². The molecule has 24 heavy (non-hydrogen) atoms. The first-order chi connectivity index (χ1) is 11.4. The second-order valence-corrected chi connectivity index (χ2v) is 6.17. The molecule has 2 N–H and O–H groups in total. The molecule has 0 fully saturated rings. The van der Waals surface area contributed by atoms with Gasteiger partial charge in [0.1, 0.15) is 18.1 Å². The Morgan fingerprint density at radius 3 is 2.75 bits per heavy atom. The van der Waals surface area contributed by atoms with Gasteiger partial charge in [-0.15, -0.1) is 0 Å². The first-order valence-electron chi connectivity index (χ1n) is 7.59. The smallest absolute Gasteiger partial charge is 0.279 e. The lowest BCUT2D eigenvalue weighted by molar-refractivity contribution is -0.885. The third-order valence-electron chi connectivity index (χ3n) is 3.63. The quantitative estimate of drug-likeness (QED) is 0.839. The molecule has 0 spiro atoms. The maximum Gasteiger partial charge on any atom is 0.279 e. The van der Waals surface area contributed by atoms with E-state index < -0.39 is 0 Å². The molecule has 0 radical (unpaired) electrons. The average molecular weight is 352 g/mol.